The Labute approximate surface area is 148 Å². The number of nitrogens with zero attached hydrogens (tertiary/aromatic N) is 1. The third kappa shape index (κ3) is 3.17. The van der Waals surface area contributed by atoms with Gasteiger partial charge in [0, 0.05) is 5.56 Å². The lowest BCUT2D eigenvalue weighted by Crippen LogP contribution is -1.99. The van der Waals surface area contributed by atoms with Gasteiger partial charge in [0.1, 0.15) is 0 Å². The van der Waals surface area contributed by atoms with Crippen LogP contribution in [0, 0.1) is 29.9 Å². The first-order chi connectivity index (χ1) is 12.4. The summed E-state index contributed by atoms with van der Waals surface area (Å²) in [5.74, 6) is -3.27. The van der Waals surface area contributed by atoms with Crippen molar-refractivity contribution < 1.29 is 18.7 Å². The Bertz CT molecular complexity index is 1070. The van der Waals surface area contributed by atoms with Crippen LogP contribution in [0.5, 0.6) is 0 Å². The number of aromatic carboxylic acids is 1. The van der Waals surface area contributed by atoms with E-state index < -0.39 is 17.6 Å². The van der Waals surface area contributed by atoms with Crippen molar-refractivity contribution >= 4 is 5.97 Å². The van der Waals surface area contributed by atoms with Gasteiger partial charge in [0.25, 0.3) is 0 Å². The van der Waals surface area contributed by atoms with E-state index in [2.05, 4.69) is 6.07 Å². The number of hydrogen-bond donors (Lipinski definition) is 1. The van der Waals surface area contributed by atoms with Crippen LogP contribution < -0.4 is 0 Å². The summed E-state index contributed by atoms with van der Waals surface area (Å²) in [7, 11) is 0. The van der Waals surface area contributed by atoms with E-state index in [9.17, 15) is 23.9 Å². The Morgan fingerprint density at radius 2 is 1.69 bits per heavy atom. The minimum atomic E-state index is -1.20. The Balaban J connectivity index is 2.29. The van der Waals surface area contributed by atoms with Crippen LogP contribution in [0.4, 0.5) is 8.78 Å². The third-order valence-corrected chi connectivity index (χ3v) is 4.05. The van der Waals surface area contributed by atoms with Crippen molar-refractivity contribution in [3.05, 3.63) is 82.9 Å². The predicted octanol–water partition coefficient (Wildman–Crippen LogP) is 5.18. The zero-order valence-electron chi connectivity index (χ0n) is 13.8. The fourth-order valence-corrected chi connectivity index (χ4v) is 2.79. The Morgan fingerprint density at radius 1 is 1.00 bits per heavy atom. The van der Waals surface area contributed by atoms with E-state index in [0.717, 1.165) is 11.6 Å². The molecule has 0 fully saturated rings. The number of aryl methyl sites for hydroxylation is 1. The number of hydrogen-bond acceptors (Lipinski definition) is 2. The van der Waals surface area contributed by atoms with Gasteiger partial charge in [-0.05, 0) is 59.5 Å². The van der Waals surface area contributed by atoms with Crippen molar-refractivity contribution in [3.63, 3.8) is 0 Å². The Hall–Kier alpha value is -3.52. The lowest BCUT2D eigenvalue weighted by atomic mass is 9.93. The summed E-state index contributed by atoms with van der Waals surface area (Å²) in [5, 5.41) is 18.8. The van der Waals surface area contributed by atoms with Crippen molar-refractivity contribution in [2.45, 2.75) is 6.92 Å². The Kier molecular flexibility index (Phi) is 4.51. The van der Waals surface area contributed by atoms with Gasteiger partial charge < -0.3 is 5.11 Å². The molecule has 0 spiro atoms. The molecule has 0 amide bonds. The molecule has 0 aliphatic heterocycles. The first-order valence-corrected chi connectivity index (χ1v) is 7.74. The predicted molar refractivity (Wildman–Crippen MR) is 93.6 cm³/mol. The first kappa shape index (κ1) is 17.3. The van der Waals surface area contributed by atoms with Gasteiger partial charge in [0.05, 0.1) is 17.2 Å². The summed E-state index contributed by atoms with van der Waals surface area (Å²) >= 11 is 0. The van der Waals surface area contributed by atoms with Crippen LogP contribution in [0.2, 0.25) is 0 Å². The quantitative estimate of drug-likeness (QED) is 0.709. The van der Waals surface area contributed by atoms with E-state index in [1.165, 1.54) is 24.3 Å². The number of rotatable bonds is 3. The summed E-state index contributed by atoms with van der Waals surface area (Å²) in [6.45, 7) is 1.84. The van der Waals surface area contributed by atoms with Crippen LogP contribution in [0.1, 0.15) is 21.5 Å². The molecule has 0 radical (unpaired) electrons. The van der Waals surface area contributed by atoms with Crippen LogP contribution in [-0.2, 0) is 0 Å². The molecule has 26 heavy (non-hydrogen) atoms. The standard InChI is InChI=1S/C21H13F2NO2/c1-12-5-6-17(16(7-12)11-24)13-8-14(10-15(9-13)21(25)26)18-3-2-4-19(22)20(18)23/h2-10H,1H3,(H,25,26). The molecule has 0 saturated carbocycles. The molecule has 3 aromatic rings. The molecule has 0 unspecified atom stereocenters. The van der Waals surface area contributed by atoms with E-state index >= 15 is 0 Å². The van der Waals surface area contributed by atoms with Crippen molar-refractivity contribution in [2.75, 3.05) is 0 Å². The highest BCUT2D eigenvalue weighted by atomic mass is 19.2. The van der Waals surface area contributed by atoms with Crippen molar-refractivity contribution in [1.82, 2.24) is 0 Å². The molecule has 0 atom stereocenters. The highest BCUT2D eigenvalue weighted by molar-refractivity contribution is 5.92. The number of carbonyl (C=O) groups is 1. The summed E-state index contributed by atoms with van der Waals surface area (Å²) in [6.07, 6.45) is 0. The van der Waals surface area contributed by atoms with Gasteiger partial charge in [-0.25, -0.2) is 13.6 Å². The molecule has 1 N–H and O–H groups in total. The average molecular weight is 349 g/mol. The van der Waals surface area contributed by atoms with Gasteiger partial charge in [-0.2, -0.15) is 5.26 Å². The SMILES string of the molecule is Cc1ccc(-c2cc(C(=O)O)cc(-c3cccc(F)c3F)c2)c(C#N)c1. The highest BCUT2D eigenvalue weighted by Gasteiger charge is 2.15. The monoisotopic (exact) mass is 349 g/mol. The molecule has 0 aromatic heterocycles. The van der Waals surface area contributed by atoms with Gasteiger partial charge in [-0.15, -0.1) is 0 Å². The molecule has 0 bridgehead atoms. The largest absolute Gasteiger partial charge is 0.478 e. The van der Waals surface area contributed by atoms with E-state index in [1.807, 2.05) is 6.92 Å². The summed E-state index contributed by atoms with van der Waals surface area (Å²) in [6, 6.07) is 15.2. The fraction of sp³-hybridized carbons (Fsp3) is 0.0476. The maximum Gasteiger partial charge on any atom is 0.335 e. The van der Waals surface area contributed by atoms with Gasteiger partial charge in [-0.3, -0.25) is 0 Å². The van der Waals surface area contributed by atoms with Crippen LogP contribution in [-0.4, -0.2) is 11.1 Å². The van der Waals surface area contributed by atoms with Gasteiger partial charge in [0.2, 0.25) is 0 Å². The van der Waals surface area contributed by atoms with Crippen molar-refractivity contribution in [2.24, 2.45) is 0 Å². The van der Waals surface area contributed by atoms with Gasteiger partial charge >= 0.3 is 5.97 Å². The molecule has 0 aliphatic carbocycles. The fourth-order valence-electron chi connectivity index (χ4n) is 2.79. The molecule has 5 heteroatoms. The van der Waals surface area contributed by atoms with Crippen LogP contribution in [0.15, 0.2) is 54.6 Å². The smallest absolute Gasteiger partial charge is 0.335 e. The second-order valence-corrected chi connectivity index (χ2v) is 5.87. The lowest BCUT2D eigenvalue weighted by molar-refractivity contribution is 0.0697. The topological polar surface area (TPSA) is 61.1 Å². The molecule has 0 aliphatic rings. The number of carboxylic acid groups (broad SMARTS) is 1. The first-order valence-electron chi connectivity index (χ1n) is 7.74. The van der Waals surface area contributed by atoms with Crippen molar-refractivity contribution in [1.29, 1.82) is 5.26 Å². The maximum atomic E-state index is 14.2. The van der Waals surface area contributed by atoms with E-state index in [1.54, 1.807) is 24.3 Å². The average Bonchev–Trinajstić information content (AvgIpc) is 2.63. The molecule has 3 nitrogen and oxygen atoms in total. The van der Waals surface area contributed by atoms with Crippen molar-refractivity contribution in [3.8, 4) is 28.3 Å². The van der Waals surface area contributed by atoms with E-state index in [4.69, 9.17) is 0 Å². The lowest BCUT2D eigenvalue weighted by Gasteiger charge is -2.11. The third-order valence-electron chi connectivity index (χ3n) is 4.05. The minimum Gasteiger partial charge on any atom is -0.478 e. The number of halogens is 2. The molecular weight excluding hydrogens is 336 g/mol. The van der Waals surface area contributed by atoms with E-state index in [-0.39, 0.29) is 16.7 Å². The van der Waals surface area contributed by atoms with Gasteiger partial charge in [-0.1, -0.05) is 24.3 Å². The van der Waals surface area contributed by atoms with Crippen LogP contribution >= 0.6 is 0 Å². The minimum absolute atomic E-state index is 0.0417. The zero-order chi connectivity index (χ0) is 18.8. The molecule has 3 rings (SSSR count). The molecule has 128 valence electrons. The Morgan fingerprint density at radius 3 is 2.35 bits per heavy atom. The maximum absolute atomic E-state index is 14.2. The molecule has 3 aromatic carbocycles. The summed E-state index contributed by atoms with van der Waals surface area (Å²) in [5.41, 5.74) is 2.33. The summed E-state index contributed by atoms with van der Waals surface area (Å²) < 4.78 is 27.8. The zero-order valence-corrected chi connectivity index (χ0v) is 13.8. The normalized spacial score (nSPS) is 10.4. The van der Waals surface area contributed by atoms with Crippen LogP contribution in [0.3, 0.4) is 0 Å². The van der Waals surface area contributed by atoms with Crippen LogP contribution in [0.25, 0.3) is 22.3 Å². The van der Waals surface area contributed by atoms with E-state index in [0.29, 0.717) is 16.7 Å². The second-order valence-electron chi connectivity index (χ2n) is 5.87. The number of carboxylic acids is 1. The molecule has 0 heterocycles. The summed E-state index contributed by atoms with van der Waals surface area (Å²) in [4.78, 5) is 11.5. The van der Waals surface area contributed by atoms with Gasteiger partial charge in [0.15, 0.2) is 11.6 Å². The molecule has 0 saturated heterocycles. The second kappa shape index (κ2) is 6.77. The number of benzene rings is 3. The molecular formula is C21H13F2NO2. The number of nitriles is 1. The highest BCUT2D eigenvalue weighted by Crippen LogP contribution is 2.32.